The van der Waals surface area contributed by atoms with Gasteiger partial charge in [-0.25, -0.2) is 0 Å². The summed E-state index contributed by atoms with van der Waals surface area (Å²) in [5.74, 6) is -0.105. The SMILES string of the molecule is CCC(N)(CC)CNC(=O)c1n[nH]c2c1CCC2. The van der Waals surface area contributed by atoms with Crippen LogP contribution in [0.4, 0.5) is 0 Å². The lowest BCUT2D eigenvalue weighted by molar-refractivity contribution is 0.0936. The number of nitrogens with zero attached hydrogens (tertiary/aromatic N) is 1. The van der Waals surface area contributed by atoms with Crippen molar-refractivity contribution in [3.8, 4) is 0 Å². The second kappa shape index (κ2) is 5.10. The van der Waals surface area contributed by atoms with Crippen molar-refractivity contribution in [3.63, 3.8) is 0 Å². The van der Waals surface area contributed by atoms with E-state index in [0.717, 1.165) is 43.4 Å². The van der Waals surface area contributed by atoms with Crippen molar-refractivity contribution in [2.24, 2.45) is 5.73 Å². The zero-order valence-electron chi connectivity index (χ0n) is 11.2. The average molecular weight is 250 g/mol. The zero-order valence-corrected chi connectivity index (χ0v) is 11.2. The van der Waals surface area contributed by atoms with Crippen molar-refractivity contribution in [2.75, 3.05) is 6.54 Å². The van der Waals surface area contributed by atoms with Gasteiger partial charge in [0.2, 0.25) is 0 Å². The van der Waals surface area contributed by atoms with Crippen molar-refractivity contribution >= 4 is 5.91 Å². The van der Waals surface area contributed by atoms with E-state index in [2.05, 4.69) is 15.5 Å². The van der Waals surface area contributed by atoms with E-state index >= 15 is 0 Å². The molecule has 0 fully saturated rings. The van der Waals surface area contributed by atoms with Crippen LogP contribution in [0.3, 0.4) is 0 Å². The van der Waals surface area contributed by atoms with Gasteiger partial charge < -0.3 is 11.1 Å². The molecule has 18 heavy (non-hydrogen) atoms. The van der Waals surface area contributed by atoms with E-state index in [1.165, 1.54) is 0 Å². The molecule has 1 aliphatic carbocycles. The predicted octanol–water partition coefficient (Wildman–Crippen LogP) is 1.15. The lowest BCUT2D eigenvalue weighted by Crippen LogP contribution is -2.49. The number of H-pyrrole nitrogens is 1. The van der Waals surface area contributed by atoms with Crippen LogP contribution in [-0.4, -0.2) is 28.2 Å². The van der Waals surface area contributed by atoms with Crippen molar-refractivity contribution in [2.45, 2.75) is 51.5 Å². The first-order chi connectivity index (χ1) is 8.59. The number of rotatable bonds is 5. The second-order valence-electron chi connectivity index (χ2n) is 5.14. The van der Waals surface area contributed by atoms with Gasteiger partial charge >= 0.3 is 0 Å². The molecule has 2 rings (SSSR count). The predicted molar refractivity (Wildman–Crippen MR) is 70.4 cm³/mol. The van der Waals surface area contributed by atoms with Gasteiger partial charge in [0, 0.05) is 23.3 Å². The Morgan fingerprint density at radius 1 is 1.44 bits per heavy atom. The highest BCUT2D eigenvalue weighted by Crippen LogP contribution is 2.22. The molecular formula is C13H22N4O. The Bertz CT molecular complexity index is 434. The smallest absolute Gasteiger partial charge is 0.272 e. The standard InChI is InChI=1S/C13H22N4O/c1-3-13(14,4-2)8-15-12(18)11-9-6-5-7-10(9)16-17-11/h3-8,14H2,1-2H3,(H,15,18)(H,16,17). The van der Waals surface area contributed by atoms with Crippen LogP contribution in [0.25, 0.3) is 0 Å². The fourth-order valence-electron chi connectivity index (χ4n) is 2.35. The Labute approximate surface area is 108 Å². The average Bonchev–Trinajstić information content (AvgIpc) is 2.97. The number of nitrogens with one attached hydrogen (secondary N) is 2. The zero-order chi connectivity index (χ0) is 13.2. The quantitative estimate of drug-likeness (QED) is 0.733. The van der Waals surface area contributed by atoms with E-state index in [9.17, 15) is 4.79 Å². The van der Waals surface area contributed by atoms with Gasteiger partial charge in [-0.3, -0.25) is 9.89 Å². The maximum Gasteiger partial charge on any atom is 0.272 e. The Kier molecular flexibility index (Phi) is 3.71. The molecule has 1 heterocycles. The molecule has 0 atom stereocenters. The fourth-order valence-corrected chi connectivity index (χ4v) is 2.35. The maximum absolute atomic E-state index is 12.1. The third-order valence-corrected chi connectivity index (χ3v) is 4.03. The number of carbonyl (C=O) groups excluding carboxylic acids is 1. The molecule has 0 aromatic carbocycles. The Hall–Kier alpha value is -1.36. The third-order valence-electron chi connectivity index (χ3n) is 4.03. The summed E-state index contributed by atoms with van der Waals surface area (Å²) in [6.07, 6.45) is 4.75. The van der Waals surface area contributed by atoms with Gasteiger partial charge in [-0.1, -0.05) is 13.8 Å². The number of hydrogen-bond acceptors (Lipinski definition) is 3. The first-order valence-corrected chi connectivity index (χ1v) is 6.73. The maximum atomic E-state index is 12.1. The van der Waals surface area contributed by atoms with E-state index in [0.29, 0.717) is 12.2 Å². The number of aromatic amines is 1. The molecule has 4 N–H and O–H groups in total. The van der Waals surface area contributed by atoms with Gasteiger partial charge in [0.05, 0.1) is 0 Å². The minimum atomic E-state index is -0.310. The van der Waals surface area contributed by atoms with Crippen LogP contribution in [0.1, 0.15) is 54.9 Å². The van der Waals surface area contributed by atoms with Gasteiger partial charge in [0.1, 0.15) is 0 Å². The van der Waals surface area contributed by atoms with Crippen LogP contribution in [-0.2, 0) is 12.8 Å². The van der Waals surface area contributed by atoms with Crippen LogP contribution >= 0.6 is 0 Å². The van der Waals surface area contributed by atoms with E-state index < -0.39 is 0 Å². The summed E-state index contributed by atoms with van der Waals surface area (Å²) < 4.78 is 0. The minimum absolute atomic E-state index is 0.105. The lowest BCUT2D eigenvalue weighted by atomic mass is 9.94. The summed E-state index contributed by atoms with van der Waals surface area (Å²) in [4.78, 5) is 12.1. The summed E-state index contributed by atoms with van der Waals surface area (Å²) >= 11 is 0. The molecule has 0 unspecified atom stereocenters. The molecule has 1 amide bonds. The molecule has 0 bridgehead atoms. The highest BCUT2D eigenvalue weighted by Gasteiger charge is 2.25. The molecule has 1 aromatic rings. The third kappa shape index (κ3) is 2.41. The summed E-state index contributed by atoms with van der Waals surface area (Å²) in [6.45, 7) is 4.59. The summed E-state index contributed by atoms with van der Waals surface area (Å²) in [5.41, 5.74) is 8.61. The highest BCUT2D eigenvalue weighted by molar-refractivity contribution is 5.94. The van der Waals surface area contributed by atoms with Gasteiger partial charge in [-0.15, -0.1) is 0 Å². The van der Waals surface area contributed by atoms with E-state index in [1.54, 1.807) is 0 Å². The van der Waals surface area contributed by atoms with Crippen molar-refractivity contribution in [1.29, 1.82) is 0 Å². The first kappa shape index (κ1) is 13.1. The molecule has 1 aliphatic rings. The van der Waals surface area contributed by atoms with Crippen molar-refractivity contribution in [3.05, 3.63) is 17.0 Å². The number of carbonyl (C=O) groups is 1. The topological polar surface area (TPSA) is 83.8 Å². The molecule has 0 saturated heterocycles. The van der Waals surface area contributed by atoms with Crippen LogP contribution in [0.15, 0.2) is 0 Å². The van der Waals surface area contributed by atoms with Gasteiger partial charge in [-0.2, -0.15) is 5.10 Å². The molecule has 0 aliphatic heterocycles. The summed E-state index contributed by atoms with van der Waals surface area (Å²) in [7, 11) is 0. The number of hydrogen-bond donors (Lipinski definition) is 3. The largest absolute Gasteiger partial charge is 0.349 e. The molecule has 5 nitrogen and oxygen atoms in total. The molecule has 5 heteroatoms. The van der Waals surface area contributed by atoms with Gasteiger partial charge in [0.15, 0.2) is 5.69 Å². The van der Waals surface area contributed by atoms with Gasteiger partial charge in [-0.05, 0) is 32.1 Å². The Morgan fingerprint density at radius 3 is 2.83 bits per heavy atom. The Morgan fingerprint density at radius 2 is 2.17 bits per heavy atom. The normalized spacial score (nSPS) is 14.6. The number of amides is 1. The van der Waals surface area contributed by atoms with E-state index in [4.69, 9.17) is 5.73 Å². The van der Waals surface area contributed by atoms with E-state index in [-0.39, 0.29) is 11.4 Å². The van der Waals surface area contributed by atoms with Crippen molar-refractivity contribution < 1.29 is 4.79 Å². The highest BCUT2D eigenvalue weighted by atomic mass is 16.1. The molecule has 0 spiro atoms. The fraction of sp³-hybridized carbons (Fsp3) is 0.692. The van der Waals surface area contributed by atoms with Crippen LogP contribution in [0, 0.1) is 0 Å². The number of nitrogens with two attached hydrogens (primary N) is 1. The number of fused-ring (bicyclic) bond motifs is 1. The number of aromatic nitrogens is 2. The van der Waals surface area contributed by atoms with E-state index in [1.807, 2.05) is 13.8 Å². The van der Waals surface area contributed by atoms with Crippen LogP contribution in [0.5, 0.6) is 0 Å². The summed E-state index contributed by atoms with van der Waals surface area (Å²) in [6, 6.07) is 0. The van der Waals surface area contributed by atoms with Gasteiger partial charge in [0.25, 0.3) is 5.91 Å². The molecule has 0 radical (unpaired) electrons. The summed E-state index contributed by atoms with van der Waals surface area (Å²) in [5, 5.41) is 9.97. The van der Waals surface area contributed by atoms with Crippen molar-refractivity contribution in [1.82, 2.24) is 15.5 Å². The lowest BCUT2D eigenvalue weighted by Gasteiger charge is -2.26. The van der Waals surface area contributed by atoms with Crippen LogP contribution < -0.4 is 11.1 Å². The molecular weight excluding hydrogens is 228 g/mol. The number of aryl methyl sites for hydroxylation is 1. The molecule has 100 valence electrons. The second-order valence-corrected chi connectivity index (χ2v) is 5.14. The minimum Gasteiger partial charge on any atom is -0.349 e. The molecule has 0 saturated carbocycles. The monoisotopic (exact) mass is 250 g/mol. The first-order valence-electron chi connectivity index (χ1n) is 6.73. The Balaban J connectivity index is 2.00. The van der Waals surface area contributed by atoms with Crippen LogP contribution in [0.2, 0.25) is 0 Å². The molecule has 1 aromatic heterocycles.